The van der Waals surface area contributed by atoms with Crippen LogP contribution in [0.15, 0.2) is 42.5 Å². The summed E-state index contributed by atoms with van der Waals surface area (Å²) in [6.07, 6.45) is 0. The van der Waals surface area contributed by atoms with Crippen LogP contribution in [-0.2, 0) is 4.74 Å². The average Bonchev–Trinajstić information content (AvgIpc) is 2.89. The van der Waals surface area contributed by atoms with Crippen molar-refractivity contribution in [2.45, 2.75) is 40.2 Å². The van der Waals surface area contributed by atoms with E-state index in [0.717, 1.165) is 22.3 Å². The fourth-order valence-corrected chi connectivity index (χ4v) is 3.49. The predicted molar refractivity (Wildman–Crippen MR) is 115 cm³/mol. The molecule has 4 aromatic rings. The molecular weight excluding hydrogens is 364 g/mol. The summed E-state index contributed by atoms with van der Waals surface area (Å²) in [5.41, 5.74) is 11.6. The lowest BCUT2D eigenvalue weighted by Crippen LogP contribution is -2.24. The van der Waals surface area contributed by atoms with Gasteiger partial charge in [-0.25, -0.2) is 14.8 Å². The molecule has 2 aromatic heterocycles. The zero-order valence-electron chi connectivity index (χ0n) is 17.3. The fraction of sp³-hybridized carbons (Fsp3) is 0.261. The van der Waals surface area contributed by atoms with Crippen LogP contribution in [0, 0.1) is 13.8 Å². The van der Waals surface area contributed by atoms with Gasteiger partial charge < -0.3 is 10.5 Å². The van der Waals surface area contributed by atoms with Gasteiger partial charge in [-0.05, 0) is 58.4 Å². The maximum Gasteiger partial charge on any atom is 0.344 e. The van der Waals surface area contributed by atoms with E-state index in [2.05, 4.69) is 6.07 Å². The first-order chi connectivity index (χ1) is 13.7. The van der Waals surface area contributed by atoms with Crippen LogP contribution in [0.3, 0.4) is 0 Å². The van der Waals surface area contributed by atoms with Gasteiger partial charge in [0.05, 0.1) is 16.7 Å². The summed E-state index contributed by atoms with van der Waals surface area (Å²) >= 11 is 0. The number of hydrogen-bond donors (Lipinski definition) is 1. The number of aryl methyl sites for hydroxylation is 2. The second kappa shape index (κ2) is 6.58. The monoisotopic (exact) mass is 388 g/mol. The Morgan fingerprint density at radius 2 is 1.69 bits per heavy atom. The summed E-state index contributed by atoms with van der Waals surface area (Å²) in [5, 5.41) is 0. The number of aromatic nitrogens is 3. The largest absolute Gasteiger partial charge is 0.456 e. The number of hydrogen-bond acceptors (Lipinski definition) is 5. The number of ether oxygens (including phenoxy) is 1. The van der Waals surface area contributed by atoms with E-state index in [0.29, 0.717) is 16.7 Å². The number of anilines is 1. The molecule has 0 aliphatic heterocycles. The van der Waals surface area contributed by atoms with E-state index in [-0.39, 0.29) is 11.4 Å². The van der Waals surface area contributed by atoms with Gasteiger partial charge in [-0.2, -0.15) is 0 Å². The summed E-state index contributed by atoms with van der Waals surface area (Å²) in [7, 11) is 0. The number of nitrogen functional groups attached to an aromatic ring is 1. The van der Waals surface area contributed by atoms with Crippen LogP contribution in [0.2, 0.25) is 0 Å². The van der Waals surface area contributed by atoms with Crippen molar-refractivity contribution in [3.8, 4) is 5.69 Å². The average molecular weight is 388 g/mol. The molecule has 0 radical (unpaired) electrons. The van der Waals surface area contributed by atoms with Crippen LogP contribution < -0.4 is 5.73 Å². The molecule has 0 atom stereocenters. The molecule has 0 fully saturated rings. The molecule has 0 aliphatic carbocycles. The molecule has 29 heavy (non-hydrogen) atoms. The zero-order chi connectivity index (χ0) is 20.9. The van der Waals surface area contributed by atoms with Crippen LogP contribution in [0.1, 0.15) is 42.3 Å². The minimum absolute atomic E-state index is 0.244. The third-order valence-electron chi connectivity index (χ3n) is 4.69. The number of fused-ring (bicyclic) bond motifs is 2. The molecule has 0 unspecified atom stereocenters. The first kappa shape index (κ1) is 18.9. The number of nitrogens with two attached hydrogens (primary N) is 1. The van der Waals surface area contributed by atoms with Crippen molar-refractivity contribution in [1.82, 2.24) is 14.5 Å². The van der Waals surface area contributed by atoms with Gasteiger partial charge in [-0.3, -0.25) is 4.57 Å². The van der Waals surface area contributed by atoms with Crippen molar-refractivity contribution in [3.05, 3.63) is 59.2 Å². The van der Waals surface area contributed by atoms with Gasteiger partial charge in [0.25, 0.3) is 0 Å². The lowest BCUT2D eigenvalue weighted by atomic mass is 10.1. The molecular formula is C23H24N4O2. The highest BCUT2D eigenvalue weighted by Crippen LogP contribution is 2.33. The number of esters is 1. The molecule has 148 valence electrons. The Labute approximate surface area is 169 Å². The molecule has 4 rings (SSSR count). The summed E-state index contributed by atoms with van der Waals surface area (Å²) in [6.45, 7) is 9.52. The van der Waals surface area contributed by atoms with Crippen molar-refractivity contribution >= 4 is 34.0 Å². The molecule has 2 N–H and O–H groups in total. The third kappa shape index (κ3) is 3.31. The number of benzene rings is 2. The molecule has 0 aliphatic rings. The van der Waals surface area contributed by atoms with E-state index in [4.69, 9.17) is 20.4 Å². The van der Waals surface area contributed by atoms with Gasteiger partial charge in [0.1, 0.15) is 22.5 Å². The van der Waals surface area contributed by atoms with Gasteiger partial charge in [-0.15, -0.1) is 0 Å². The lowest BCUT2D eigenvalue weighted by molar-refractivity contribution is 0.00728. The summed E-state index contributed by atoms with van der Waals surface area (Å²) in [5.74, 6) is -0.232. The van der Waals surface area contributed by atoms with Crippen LogP contribution in [0.4, 0.5) is 5.82 Å². The molecule has 0 spiro atoms. The molecule has 0 saturated heterocycles. The minimum Gasteiger partial charge on any atom is -0.456 e. The van der Waals surface area contributed by atoms with Crippen LogP contribution in [-0.4, -0.2) is 26.1 Å². The fourth-order valence-electron chi connectivity index (χ4n) is 3.49. The van der Waals surface area contributed by atoms with E-state index in [9.17, 15) is 4.79 Å². The van der Waals surface area contributed by atoms with Crippen LogP contribution in [0.5, 0.6) is 0 Å². The van der Waals surface area contributed by atoms with Crippen LogP contribution >= 0.6 is 0 Å². The number of carbonyl (C=O) groups is 1. The van der Waals surface area contributed by atoms with Crippen molar-refractivity contribution in [1.29, 1.82) is 0 Å². The maximum absolute atomic E-state index is 13.0. The Morgan fingerprint density at radius 3 is 2.31 bits per heavy atom. The second-order valence-electron chi connectivity index (χ2n) is 8.27. The minimum atomic E-state index is -0.651. The number of carbonyl (C=O) groups excluding carboxylic acids is 1. The van der Waals surface area contributed by atoms with E-state index in [1.165, 1.54) is 0 Å². The van der Waals surface area contributed by atoms with E-state index < -0.39 is 11.6 Å². The van der Waals surface area contributed by atoms with Gasteiger partial charge in [0.2, 0.25) is 0 Å². The Balaban J connectivity index is 2.08. The van der Waals surface area contributed by atoms with E-state index >= 15 is 0 Å². The normalized spacial score (nSPS) is 11.9. The Kier molecular flexibility index (Phi) is 4.30. The smallest absolute Gasteiger partial charge is 0.344 e. The highest BCUT2D eigenvalue weighted by molar-refractivity contribution is 6.09. The van der Waals surface area contributed by atoms with Gasteiger partial charge >= 0.3 is 5.97 Å². The molecule has 2 aromatic carbocycles. The van der Waals surface area contributed by atoms with Crippen molar-refractivity contribution in [2.24, 2.45) is 0 Å². The van der Waals surface area contributed by atoms with E-state index in [1.807, 2.05) is 71.0 Å². The van der Waals surface area contributed by atoms with Gasteiger partial charge in [0, 0.05) is 0 Å². The first-order valence-corrected chi connectivity index (χ1v) is 9.53. The van der Waals surface area contributed by atoms with Gasteiger partial charge in [-0.1, -0.05) is 29.8 Å². The molecule has 2 heterocycles. The van der Waals surface area contributed by atoms with Crippen molar-refractivity contribution in [3.63, 3.8) is 0 Å². The van der Waals surface area contributed by atoms with Crippen molar-refractivity contribution in [2.75, 3.05) is 5.73 Å². The molecule has 0 saturated carbocycles. The Morgan fingerprint density at radius 1 is 1.03 bits per heavy atom. The quantitative estimate of drug-likeness (QED) is 0.502. The Bertz CT molecular complexity index is 1270. The Hall–Kier alpha value is -3.41. The summed E-state index contributed by atoms with van der Waals surface area (Å²) in [6, 6.07) is 13.6. The topological polar surface area (TPSA) is 83.0 Å². The number of nitrogens with zero attached hydrogens (tertiary/aromatic N) is 3. The zero-order valence-corrected chi connectivity index (χ0v) is 17.3. The van der Waals surface area contributed by atoms with Gasteiger partial charge in [0.15, 0.2) is 5.65 Å². The number of para-hydroxylation sites is 2. The highest BCUT2D eigenvalue weighted by atomic mass is 16.6. The predicted octanol–water partition coefficient (Wildman–Crippen LogP) is 4.73. The second-order valence-corrected chi connectivity index (χ2v) is 8.27. The summed E-state index contributed by atoms with van der Waals surface area (Å²) < 4.78 is 7.42. The number of rotatable bonds is 2. The molecule has 0 bridgehead atoms. The van der Waals surface area contributed by atoms with Crippen molar-refractivity contribution < 1.29 is 9.53 Å². The summed E-state index contributed by atoms with van der Waals surface area (Å²) in [4.78, 5) is 22.5. The maximum atomic E-state index is 13.0. The third-order valence-corrected chi connectivity index (χ3v) is 4.69. The molecule has 6 nitrogen and oxygen atoms in total. The SMILES string of the molecule is Cc1ccc(-n2c(N)c(C(=O)OC(C)(C)C)c3nc4ccccc4nc32)c(C)c1. The van der Waals surface area contributed by atoms with Crippen LogP contribution in [0.25, 0.3) is 27.9 Å². The molecule has 6 heteroatoms. The van der Waals surface area contributed by atoms with E-state index in [1.54, 1.807) is 4.57 Å². The highest BCUT2D eigenvalue weighted by Gasteiger charge is 2.29. The lowest BCUT2D eigenvalue weighted by Gasteiger charge is -2.19. The first-order valence-electron chi connectivity index (χ1n) is 9.53. The molecule has 0 amide bonds. The standard InChI is InChI=1S/C23H24N4O2/c1-13-10-11-17(14(2)12-13)27-20(24)18(22(28)29-23(3,4)5)19-21(27)26-16-9-7-6-8-15(16)25-19/h6-12H,24H2,1-5H3.